The molecule has 3 aromatic rings. The number of halogens is 4. The Kier molecular flexibility index (Phi) is 10.4. The number of aromatic nitrogens is 1. The first-order chi connectivity index (χ1) is 23.0. The van der Waals surface area contributed by atoms with Crippen molar-refractivity contribution in [3.63, 3.8) is 0 Å². The summed E-state index contributed by atoms with van der Waals surface area (Å²) >= 11 is 0. The lowest BCUT2D eigenvalue weighted by Crippen LogP contribution is -2.56. The van der Waals surface area contributed by atoms with Crippen molar-refractivity contribution in [2.24, 2.45) is 0 Å². The molecule has 9 nitrogen and oxygen atoms in total. The lowest BCUT2D eigenvalue weighted by atomic mass is 9.99. The Morgan fingerprint density at radius 2 is 1.42 bits per heavy atom. The monoisotopic (exact) mass is 693 g/mol. The average molecular weight is 694 g/mol. The smallest absolute Gasteiger partial charge is 0.494 e. The number of likely N-dealkylation sites (tertiary alicyclic amines) is 1. The van der Waals surface area contributed by atoms with Crippen LogP contribution in [0.4, 0.5) is 23.2 Å². The summed E-state index contributed by atoms with van der Waals surface area (Å²) < 4.78 is 92.5. The van der Waals surface area contributed by atoms with E-state index in [0.29, 0.717) is 30.7 Å². The normalized spacial score (nSPS) is 20.0. The second-order valence-electron chi connectivity index (χ2n) is 12.7. The van der Waals surface area contributed by atoms with Crippen molar-refractivity contribution in [1.29, 1.82) is 0 Å². The largest absolute Gasteiger partial charge is 0.573 e. The van der Waals surface area contributed by atoms with E-state index < -0.39 is 32.7 Å². The molecule has 4 heterocycles. The molecule has 0 atom stereocenters. The molecule has 48 heavy (non-hydrogen) atoms. The van der Waals surface area contributed by atoms with Gasteiger partial charge in [-0.15, -0.1) is 13.2 Å². The highest BCUT2D eigenvalue weighted by Crippen LogP contribution is 2.40. The summed E-state index contributed by atoms with van der Waals surface area (Å²) in [5.41, 5.74) is 0.497. The van der Waals surface area contributed by atoms with E-state index in [9.17, 15) is 21.6 Å². The molecule has 0 unspecified atom stereocenters. The number of hydrogen-bond acceptors (Lipinski definition) is 9. The number of anilines is 1. The van der Waals surface area contributed by atoms with Gasteiger partial charge in [-0.05, 0) is 82.6 Å². The lowest BCUT2D eigenvalue weighted by Gasteiger charge is -2.46. The van der Waals surface area contributed by atoms with Crippen molar-refractivity contribution in [3.8, 4) is 11.5 Å². The molecule has 6 rings (SSSR count). The molecule has 0 radical (unpaired) electrons. The summed E-state index contributed by atoms with van der Waals surface area (Å²) in [4.78, 5) is 13.0. The van der Waals surface area contributed by atoms with Crippen LogP contribution in [0.3, 0.4) is 0 Å². The van der Waals surface area contributed by atoms with E-state index in [2.05, 4.69) is 31.3 Å². The Balaban J connectivity index is 1.25. The van der Waals surface area contributed by atoms with Crippen molar-refractivity contribution in [2.45, 2.75) is 67.8 Å². The highest BCUT2D eigenvalue weighted by molar-refractivity contribution is 7.91. The molecule has 0 spiro atoms. The number of piperazine rings is 1. The molecule has 0 N–H and O–H groups in total. The third kappa shape index (κ3) is 7.51. The maximum Gasteiger partial charge on any atom is 0.573 e. The summed E-state index contributed by atoms with van der Waals surface area (Å²) in [5, 5.41) is 0.186. The predicted octanol–water partition coefficient (Wildman–Crippen LogP) is 5.57. The highest BCUT2D eigenvalue weighted by Gasteiger charge is 2.35. The van der Waals surface area contributed by atoms with Gasteiger partial charge in [-0.25, -0.2) is 12.8 Å². The summed E-state index contributed by atoms with van der Waals surface area (Å²) in [6.07, 6.45) is 0.124. The SMILES string of the molecule is CCOc1ccc(S(=O)(=O)c2cnc3ccc(OC(F)(F)F)cc3c2N2CCC(N3CCN(C4CCN(CC)CC4)CC3)CC2)c(F)c1. The minimum absolute atomic E-state index is 0.185. The van der Waals surface area contributed by atoms with Crippen LogP contribution < -0.4 is 14.4 Å². The molecule has 0 aliphatic carbocycles. The van der Waals surface area contributed by atoms with Crippen LogP contribution in [0.15, 0.2) is 52.4 Å². The number of nitrogens with zero attached hydrogens (tertiary/aromatic N) is 5. The average Bonchev–Trinajstić information content (AvgIpc) is 3.07. The van der Waals surface area contributed by atoms with Crippen molar-refractivity contribution >= 4 is 26.4 Å². The Hall–Kier alpha value is -3.20. The molecule has 3 aliphatic heterocycles. The number of sulfone groups is 1. The summed E-state index contributed by atoms with van der Waals surface area (Å²) in [5.74, 6) is -1.30. The molecule has 2 aromatic carbocycles. The maximum atomic E-state index is 15.3. The molecule has 3 saturated heterocycles. The highest BCUT2D eigenvalue weighted by atomic mass is 32.2. The Bertz CT molecular complexity index is 1680. The second kappa shape index (κ2) is 14.3. The third-order valence-corrected chi connectivity index (χ3v) is 11.8. The molecule has 0 amide bonds. The van der Waals surface area contributed by atoms with E-state index >= 15 is 4.39 Å². The number of benzene rings is 2. The maximum absolute atomic E-state index is 15.3. The Morgan fingerprint density at radius 1 is 0.812 bits per heavy atom. The topological polar surface area (TPSA) is 78.4 Å². The molecule has 1 aromatic heterocycles. The fourth-order valence-corrected chi connectivity index (χ4v) is 8.94. The van der Waals surface area contributed by atoms with Gasteiger partial charge in [0.1, 0.15) is 27.1 Å². The number of ether oxygens (including phenoxy) is 2. The Labute approximate surface area is 279 Å². The fraction of sp³-hybridized carbons (Fsp3) is 0.559. The molecule has 3 fully saturated rings. The number of rotatable bonds is 9. The van der Waals surface area contributed by atoms with E-state index in [-0.39, 0.29) is 28.3 Å². The van der Waals surface area contributed by atoms with Crippen LogP contribution in [0.1, 0.15) is 39.5 Å². The molecular formula is C34H43F4N5O4S. The number of fused-ring (bicyclic) bond motifs is 1. The summed E-state index contributed by atoms with van der Waals surface area (Å²) in [6, 6.07) is 8.13. The zero-order valence-corrected chi connectivity index (χ0v) is 28.2. The van der Waals surface area contributed by atoms with Crippen LogP contribution in [0.5, 0.6) is 11.5 Å². The quantitative estimate of drug-likeness (QED) is 0.267. The van der Waals surface area contributed by atoms with Gasteiger partial charge < -0.3 is 19.3 Å². The van der Waals surface area contributed by atoms with Gasteiger partial charge in [0.25, 0.3) is 0 Å². The summed E-state index contributed by atoms with van der Waals surface area (Å²) in [6.45, 7) is 12.5. The van der Waals surface area contributed by atoms with Gasteiger partial charge >= 0.3 is 6.36 Å². The first-order valence-corrected chi connectivity index (χ1v) is 18.3. The number of alkyl halides is 3. The zero-order chi connectivity index (χ0) is 34.1. The zero-order valence-electron chi connectivity index (χ0n) is 27.4. The van der Waals surface area contributed by atoms with E-state index in [0.717, 1.165) is 82.9 Å². The number of pyridine rings is 1. The fourth-order valence-electron chi connectivity index (χ4n) is 7.46. The van der Waals surface area contributed by atoms with Crippen LogP contribution in [0.2, 0.25) is 0 Å². The van der Waals surface area contributed by atoms with Gasteiger partial charge in [-0.2, -0.15) is 0 Å². The van der Waals surface area contributed by atoms with Crippen molar-refractivity contribution in [3.05, 3.63) is 48.4 Å². The third-order valence-electron chi connectivity index (χ3n) is 9.97. The van der Waals surface area contributed by atoms with Crippen molar-refractivity contribution < 1.29 is 35.5 Å². The molecule has 3 aliphatic rings. The first kappa shape index (κ1) is 34.7. The van der Waals surface area contributed by atoms with Crippen molar-refractivity contribution in [1.82, 2.24) is 19.7 Å². The molecule has 0 bridgehead atoms. The van der Waals surface area contributed by atoms with E-state index in [4.69, 9.17) is 4.74 Å². The van der Waals surface area contributed by atoms with Gasteiger partial charge in [0.05, 0.1) is 17.8 Å². The van der Waals surface area contributed by atoms with E-state index in [1.807, 2.05) is 4.90 Å². The number of piperidine rings is 2. The molecule has 14 heteroatoms. The summed E-state index contributed by atoms with van der Waals surface area (Å²) in [7, 11) is -4.49. The standard InChI is InChI=1S/C34H43F4N5O4S/c1-3-40-13-9-24(10-14-40)41-17-19-42(20-18-41)25-11-15-43(16-12-25)33-28-21-27(47-34(36,37)38)5-7-30(28)39-23-32(33)48(44,45)31-8-6-26(46-4-2)22-29(31)35/h5-8,21-25H,3-4,9-20H2,1-2H3. The first-order valence-electron chi connectivity index (χ1n) is 16.8. The minimum atomic E-state index is -4.94. The van der Waals surface area contributed by atoms with Gasteiger partial charge in [-0.1, -0.05) is 6.92 Å². The van der Waals surface area contributed by atoms with Crippen molar-refractivity contribution in [2.75, 3.05) is 70.4 Å². The molecular weight excluding hydrogens is 650 g/mol. The van der Waals surface area contributed by atoms with E-state index in [1.54, 1.807) is 6.92 Å². The van der Waals surface area contributed by atoms with Crippen LogP contribution in [-0.2, 0) is 9.84 Å². The molecule has 0 saturated carbocycles. The lowest BCUT2D eigenvalue weighted by molar-refractivity contribution is -0.274. The number of hydrogen-bond donors (Lipinski definition) is 0. The van der Waals surface area contributed by atoms with Gasteiger partial charge in [0, 0.05) is 69.0 Å². The van der Waals surface area contributed by atoms with Crippen LogP contribution in [0.25, 0.3) is 10.9 Å². The Morgan fingerprint density at radius 3 is 1.98 bits per heavy atom. The molecule has 262 valence electrons. The minimum Gasteiger partial charge on any atom is -0.494 e. The second-order valence-corrected chi connectivity index (χ2v) is 14.6. The van der Waals surface area contributed by atoms with Gasteiger partial charge in [0.15, 0.2) is 0 Å². The van der Waals surface area contributed by atoms with Crippen LogP contribution in [-0.4, -0.2) is 112 Å². The van der Waals surface area contributed by atoms with E-state index in [1.165, 1.54) is 31.2 Å². The van der Waals surface area contributed by atoms with Crippen LogP contribution >= 0.6 is 0 Å². The van der Waals surface area contributed by atoms with Crippen LogP contribution in [0, 0.1) is 5.82 Å². The van der Waals surface area contributed by atoms with Gasteiger partial charge in [-0.3, -0.25) is 14.8 Å². The van der Waals surface area contributed by atoms with Gasteiger partial charge in [0.2, 0.25) is 9.84 Å². The predicted molar refractivity (Wildman–Crippen MR) is 175 cm³/mol.